The van der Waals surface area contributed by atoms with E-state index in [4.69, 9.17) is 0 Å². The van der Waals surface area contributed by atoms with E-state index in [1.165, 1.54) is 0 Å². The molecule has 150 valence electrons. The molecule has 1 aromatic heterocycles. The Morgan fingerprint density at radius 3 is 2.86 bits per heavy atom. The number of hydrogen-bond donors (Lipinski definition) is 3. The molecule has 0 aliphatic carbocycles. The topological polar surface area (TPSA) is 91.3 Å². The van der Waals surface area contributed by atoms with E-state index in [0.29, 0.717) is 17.8 Å². The minimum Gasteiger partial charge on any atom is -0.378 e. The van der Waals surface area contributed by atoms with Crippen molar-refractivity contribution in [2.75, 3.05) is 24.3 Å². The number of nitrogens with one attached hydrogen (secondary N) is 3. The van der Waals surface area contributed by atoms with Gasteiger partial charge in [0.15, 0.2) is 6.29 Å². The predicted molar refractivity (Wildman–Crippen MR) is 109 cm³/mol. The number of benzene rings is 1. The zero-order valence-corrected chi connectivity index (χ0v) is 16.8. The van der Waals surface area contributed by atoms with Gasteiger partial charge in [-0.3, -0.25) is 14.9 Å². The second-order valence-electron chi connectivity index (χ2n) is 7.34. The summed E-state index contributed by atoms with van der Waals surface area (Å²) in [5.74, 6) is 0.288. The normalized spacial score (nSPS) is 19.2. The standard InChI is InChI=1S/C20H28N6O2/c1-5-7-15-12-18(27)23-20(21-15)26-17(10-13(2)24-26)22-19(28)14-8-6-9-16(11-14)25(3)4/h6,8-11,15,20-21H,5,7,12H2,1-4H3,(H,22,28)(H,23,27). The maximum Gasteiger partial charge on any atom is 0.256 e. The summed E-state index contributed by atoms with van der Waals surface area (Å²) in [5.41, 5.74) is 2.26. The molecular formula is C20H28N6O2. The van der Waals surface area contributed by atoms with Crippen LogP contribution in [-0.4, -0.2) is 41.7 Å². The Morgan fingerprint density at radius 1 is 1.36 bits per heavy atom. The molecule has 2 unspecified atom stereocenters. The molecule has 1 aromatic carbocycles. The van der Waals surface area contributed by atoms with Crippen molar-refractivity contribution < 1.29 is 9.59 Å². The van der Waals surface area contributed by atoms with Crippen LogP contribution < -0.4 is 20.9 Å². The van der Waals surface area contributed by atoms with Gasteiger partial charge in [0.25, 0.3) is 5.91 Å². The number of rotatable bonds is 6. The van der Waals surface area contributed by atoms with Crippen LogP contribution in [0.1, 0.15) is 48.5 Å². The Morgan fingerprint density at radius 2 is 2.14 bits per heavy atom. The van der Waals surface area contributed by atoms with Crippen LogP contribution in [0, 0.1) is 6.92 Å². The molecule has 1 fully saturated rings. The van der Waals surface area contributed by atoms with Gasteiger partial charge in [0, 0.05) is 43.9 Å². The number of aryl methyl sites for hydroxylation is 1. The summed E-state index contributed by atoms with van der Waals surface area (Å²) in [7, 11) is 3.86. The van der Waals surface area contributed by atoms with Gasteiger partial charge < -0.3 is 15.5 Å². The van der Waals surface area contributed by atoms with Crippen molar-refractivity contribution >= 4 is 23.3 Å². The fourth-order valence-electron chi connectivity index (χ4n) is 3.35. The van der Waals surface area contributed by atoms with Gasteiger partial charge >= 0.3 is 0 Å². The number of nitrogens with zero attached hydrogens (tertiary/aromatic N) is 3. The minimum atomic E-state index is -0.491. The van der Waals surface area contributed by atoms with Crippen molar-refractivity contribution in [2.45, 2.75) is 45.4 Å². The quantitative estimate of drug-likeness (QED) is 0.711. The Kier molecular flexibility index (Phi) is 5.99. The molecule has 1 saturated heterocycles. The van der Waals surface area contributed by atoms with Gasteiger partial charge in [0.05, 0.1) is 5.69 Å². The molecule has 0 spiro atoms. The monoisotopic (exact) mass is 384 g/mol. The number of carbonyl (C=O) groups is 2. The molecule has 1 aliphatic rings. The Balaban J connectivity index is 1.81. The van der Waals surface area contributed by atoms with E-state index < -0.39 is 6.29 Å². The highest BCUT2D eigenvalue weighted by Crippen LogP contribution is 2.20. The zero-order valence-electron chi connectivity index (χ0n) is 16.8. The first kappa shape index (κ1) is 19.9. The summed E-state index contributed by atoms with van der Waals surface area (Å²) >= 11 is 0. The third-order valence-corrected chi connectivity index (χ3v) is 4.73. The van der Waals surface area contributed by atoms with E-state index in [0.717, 1.165) is 24.2 Å². The molecule has 1 aliphatic heterocycles. The second-order valence-corrected chi connectivity index (χ2v) is 7.34. The minimum absolute atomic E-state index is 0.0219. The largest absolute Gasteiger partial charge is 0.378 e. The van der Waals surface area contributed by atoms with Crippen LogP contribution in [0.25, 0.3) is 0 Å². The number of aromatic nitrogens is 2. The van der Waals surface area contributed by atoms with Crippen molar-refractivity contribution in [3.8, 4) is 0 Å². The second kappa shape index (κ2) is 8.43. The van der Waals surface area contributed by atoms with Crippen LogP contribution in [-0.2, 0) is 4.79 Å². The van der Waals surface area contributed by atoms with Crippen LogP contribution >= 0.6 is 0 Å². The lowest BCUT2D eigenvalue weighted by Crippen LogP contribution is -2.53. The molecule has 2 heterocycles. The Bertz CT molecular complexity index is 860. The molecule has 0 bridgehead atoms. The molecule has 3 rings (SSSR count). The lowest BCUT2D eigenvalue weighted by Gasteiger charge is -2.32. The Labute approximate surface area is 165 Å². The highest BCUT2D eigenvalue weighted by Gasteiger charge is 2.28. The summed E-state index contributed by atoms with van der Waals surface area (Å²) in [6, 6.07) is 9.29. The molecule has 28 heavy (non-hydrogen) atoms. The van der Waals surface area contributed by atoms with Gasteiger partial charge in [0.1, 0.15) is 5.82 Å². The first-order valence-electron chi connectivity index (χ1n) is 9.57. The fourth-order valence-corrected chi connectivity index (χ4v) is 3.35. The summed E-state index contributed by atoms with van der Waals surface area (Å²) in [4.78, 5) is 26.8. The van der Waals surface area contributed by atoms with Crippen LogP contribution in [0.3, 0.4) is 0 Å². The van der Waals surface area contributed by atoms with E-state index in [1.807, 2.05) is 44.1 Å². The van der Waals surface area contributed by atoms with Crippen molar-refractivity contribution in [1.82, 2.24) is 20.4 Å². The SMILES string of the molecule is CCCC1CC(=O)NC(n2nc(C)cc2NC(=O)c2cccc(N(C)C)c2)N1. The fraction of sp³-hybridized carbons (Fsp3) is 0.450. The van der Waals surface area contributed by atoms with Gasteiger partial charge in [0.2, 0.25) is 5.91 Å². The molecular weight excluding hydrogens is 356 g/mol. The van der Waals surface area contributed by atoms with Crippen LogP contribution in [0.2, 0.25) is 0 Å². The van der Waals surface area contributed by atoms with Crippen molar-refractivity contribution in [1.29, 1.82) is 0 Å². The number of amides is 2. The molecule has 2 aromatic rings. The average Bonchev–Trinajstić information content (AvgIpc) is 3.02. The van der Waals surface area contributed by atoms with E-state index in [1.54, 1.807) is 16.8 Å². The van der Waals surface area contributed by atoms with E-state index in [9.17, 15) is 9.59 Å². The summed E-state index contributed by atoms with van der Waals surface area (Å²) in [6.07, 6.45) is 1.85. The number of anilines is 2. The summed E-state index contributed by atoms with van der Waals surface area (Å²) in [5, 5.41) is 13.7. The highest BCUT2D eigenvalue weighted by molar-refractivity contribution is 6.04. The molecule has 0 radical (unpaired) electrons. The Hall–Kier alpha value is -2.87. The smallest absolute Gasteiger partial charge is 0.256 e. The maximum absolute atomic E-state index is 12.8. The van der Waals surface area contributed by atoms with E-state index in [2.05, 4.69) is 28.0 Å². The molecule has 8 heteroatoms. The van der Waals surface area contributed by atoms with Crippen LogP contribution in [0.4, 0.5) is 11.5 Å². The van der Waals surface area contributed by atoms with Crippen LogP contribution in [0.15, 0.2) is 30.3 Å². The molecule has 2 atom stereocenters. The van der Waals surface area contributed by atoms with E-state index >= 15 is 0 Å². The van der Waals surface area contributed by atoms with Gasteiger partial charge in [-0.25, -0.2) is 4.68 Å². The van der Waals surface area contributed by atoms with Gasteiger partial charge in [-0.15, -0.1) is 0 Å². The predicted octanol–water partition coefficient (Wildman–Crippen LogP) is 2.24. The molecule has 8 nitrogen and oxygen atoms in total. The molecule has 0 saturated carbocycles. The van der Waals surface area contributed by atoms with Gasteiger partial charge in [-0.05, 0) is 31.5 Å². The van der Waals surface area contributed by atoms with Crippen molar-refractivity contribution in [3.05, 3.63) is 41.6 Å². The molecule has 2 amide bonds. The lowest BCUT2D eigenvalue weighted by atomic mass is 10.1. The maximum atomic E-state index is 12.8. The van der Waals surface area contributed by atoms with Gasteiger partial charge in [-0.2, -0.15) is 5.10 Å². The van der Waals surface area contributed by atoms with Gasteiger partial charge in [-0.1, -0.05) is 19.4 Å². The summed E-state index contributed by atoms with van der Waals surface area (Å²) < 4.78 is 1.63. The van der Waals surface area contributed by atoms with Crippen molar-refractivity contribution in [2.24, 2.45) is 0 Å². The lowest BCUT2D eigenvalue weighted by molar-refractivity contribution is -0.125. The van der Waals surface area contributed by atoms with E-state index in [-0.39, 0.29) is 17.9 Å². The molecule has 3 N–H and O–H groups in total. The third kappa shape index (κ3) is 4.51. The van der Waals surface area contributed by atoms with Crippen LogP contribution in [0.5, 0.6) is 0 Å². The first-order valence-corrected chi connectivity index (χ1v) is 9.57. The summed E-state index contributed by atoms with van der Waals surface area (Å²) in [6.45, 7) is 3.95. The number of carbonyl (C=O) groups excluding carboxylic acids is 2. The number of hydrogen-bond acceptors (Lipinski definition) is 5. The highest BCUT2D eigenvalue weighted by atomic mass is 16.2. The van der Waals surface area contributed by atoms with Crippen molar-refractivity contribution in [3.63, 3.8) is 0 Å². The zero-order chi connectivity index (χ0) is 20.3. The average molecular weight is 384 g/mol. The third-order valence-electron chi connectivity index (χ3n) is 4.73. The first-order chi connectivity index (χ1) is 13.4.